The summed E-state index contributed by atoms with van der Waals surface area (Å²) in [6, 6.07) is 8.90. The number of nitrogens with one attached hydrogen (secondary N) is 1. The van der Waals surface area contributed by atoms with Crippen LogP contribution in [0.1, 0.15) is 16.2 Å². The molecule has 0 saturated heterocycles. The van der Waals surface area contributed by atoms with E-state index in [0.717, 1.165) is 0 Å². The fourth-order valence-corrected chi connectivity index (χ4v) is 1.75. The van der Waals surface area contributed by atoms with E-state index in [9.17, 15) is 4.79 Å². The summed E-state index contributed by atoms with van der Waals surface area (Å²) < 4.78 is 0. The number of benzene rings is 1. The fraction of sp³-hybridized carbons (Fsp3) is 0. The predicted octanol–water partition coefficient (Wildman–Crippen LogP) is 2.24. The fourth-order valence-electron chi connectivity index (χ4n) is 1.62. The second-order valence-electron chi connectivity index (χ2n) is 3.66. The van der Waals surface area contributed by atoms with Gasteiger partial charge in [-0.3, -0.25) is 4.79 Å². The molecular weight excluding hydrogens is 252 g/mol. The van der Waals surface area contributed by atoms with Crippen LogP contribution in [0.15, 0.2) is 36.5 Å². The summed E-state index contributed by atoms with van der Waals surface area (Å²) in [7, 11) is 0. The average molecular weight is 259 g/mol. The van der Waals surface area contributed by atoms with Gasteiger partial charge in [0, 0.05) is 5.56 Å². The van der Waals surface area contributed by atoms with Crippen LogP contribution in [0.3, 0.4) is 0 Å². The van der Waals surface area contributed by atoms with Crippen LogP contribution in [0.25, 0.3) is 11.2 Å². The Hall–Kier alpha value is -2.27. The van der Waals surface area contributed by atoms with Crippen molar-refractivity contribution in [1.29, 1.82) is 0 Å². The van der Waals surface area contributed by atoms with Gasteiger partial charge in [0.2, 0.25) is 11.1 Å². The van der Waals surface area contributed by atoms with Crippen LogP contribution in [-0.4, -0.2) is 25.7 Å². The molecule has 5 nitrogen and oxygen atoms in total. The molecular formula is C12H7ClN4O. The smallest absolute Gasteiger partial charge is 0.228 e. The molecule has 88 valence electrons. The highest BCUT2D eigenvalue weighted by Crippen LogP contribution is 2.13. The number of halogens is 1. The lowest BCUT2D eigenvalue weighted by Crippen LogP contribution is -2.02. The number of rotatable bonds is 2. The maximum atomic E-state index is 12.1. The first-order valence-electron chi connectivity index (χ1n) is 5.22. The number of ketones is 1. The Bertz CT molecular complexity index is 723. The normalized spacial score (nSPS) is 10.7. The van der Waals surface area contributed by atoms with Gasteiger partial charge in [-0.1, -0.05) is 30.3 Å². The van der Waals surface area contributed by atoms with Gasteiger partial charge in [0.05, 0.1) is 6.20 Å². The van der Waals surface area contributed by atoms with Crippen molar-refractivity contribution in [3.05, 3.63) is 53.2 Å². The van der Waals surface area contributed by atoms with E-state index in [1.54, 1.807) is 24.3 Å². The summed E-state index contributed by atoms with van der Waals surface area (Å²) in [5.41, 5.74) is 1.53. The highest BCUT2D eigenvalue weighted by molar-refractivity contribution is 6.28. The van der Waals surface area contributed by atoms with Crippen LogP contribution >= 0.6 is 11.6 Å². The van der Waals surface area contributed by atoms with Crippen molar-refractivity contribution in [1.82, 2.24) is 19.9 Å². The third-order valence-electron chi connectivity index (χ3n) is 2.46. The summed E-state index contributed by atoms with van der Waals surface area (Å²) in [5, 5.41) is 0.104. The number of aromatic nitrogens is 4. The van der Waals surface area contributed by atoms with Crippen LogP contribution in [0.2, 0.25) is 5.28 Å². The Balaban J connectivity index is 2.07. The van der Waals surface area contributed by atoms with Crippen LogP contribution < -0.4 is 0 Å². The molecule has 2 heterocycles. The number of hydrogen-bond acceptors (Lipinski definition) is 4. The van der Waals surface area contributed by atoms with E-state index in [1.807, 2.05) is 6.07 Å². The zero-order chi connectivity index (χ0) is 12.5. The van der Waals surface area contributed by atoms with Crippen molar-refractivity contribution in [2.75, 3.05) is 0 Å². The van der Waals surface area contributed by atoms with E-state index in [1.165, 1.54) is 6.20 Å². The molecule has 0 bridgehead atoms. The van der Waals surface area contributed by atoms with E-state index in [0.29, 0.717) is 16.7 Å². The molecule has 6 heteroatoms. The molecule has 0 amide bonds. The number of H-pyrrole nitrogens is 1. The summed E-state index contributed by atoms with van der Waals surface area (Å²) in [6.07, 6.45) is 1.50. The first-order chi connectivity index (χ1) is 8.74. The molecule has 1 N–H and O–H groups in total. The zero-order valence-electron chi connectivity index (χ0n) is 9.09. The Morgan fingerprint density at radius 3 is 2.72 bits per heavy atom. The van der Waals surface area contributed by atoms with E-state index in [2.05, 4.69) is 19.9 Å². The number of fused-ring (bicyclic) bond motifs is 1. The first-order valence-corrected chi connectivity index (χ1v) is 5.60. The standard InChI is InChI=1S/C12H7ClN4O/c13-12-14-6-8-10(17-12)16-11(15-8)9(18)7-4-2-1-3-5-7/h1-6H,(H,14,15,16,17). The molecule has 0 aliphatic rings. The number of nitrogens with zero attached hydrogens (tertiary/aromatic N) is 3. The molecule has 0 radical (unpaired) electrons. The third kappa shape index (κ3) is 1.84. The zero-order valence-corrected chi connectivity index (χ0v) is 9.85. The molecule has 0 aliphatic carbocycles. The average Bonchev–Trinajstić information content (AvgIpc) is 2.81. The number of carbonyl (C=O) groups excluding carboxylic acids is 1. The van der Waals surface area contributed by atoms with Crippen molar-refractivity contribution in [2.24, 2.45) is 0 Å². The minimum Gasteiger partial charge on any atom is -0.333 e. The van der Waals surface area contributed by atoms with E-state index in [-0.39, 0.29) is 16.9 Å². The number of imidazole rings is 1. The molecule has 0 atom stereocenters. The summed E-state index contributed by atoms with van der Waals surface area (Å²) >= 11 is 5.66. The van der Waals surface area contributed by atoms with Crippen LogP contribution in [0.4, 0.5) is 0 Å². The highest BCUT2D eigenvalue weighted by atomic mass is 35.5. The lowest BCUT2D eigenvalue weighted by Gasteiger charge is -1.95. The molecule has 3 aromatic rings. The molecule has 0 fully saturated rings. The lowest BCUT2D eigenvalue weighted by atomic mass is 10.1. The molecule has 0 unspecified atom stereocenters. The van der Waals surface area contributed by atoms with Gasteiger partial charge in [0.15, 0.2) is 11.5 Å². The quantitative estimate of drug-likeness (QED) is 0.565. The number of hydrogen-bond donors (Lipinski definition) is 1. The topological polar surface area (TPSA) is 71.5 Å². The number of aromatic amines is 1. The van der Waals surface area contributed by atoms with Crippen molar-refractivity contribution in [3.8, 4) is 0 Å². The van der Waals surface area contributed by atoms with E-state index < -0.39 is 0 Å². The second-order valence-corrected chi connectivity index (χ2v) is 3.99. The molecule has 2 aromatic heterocycles. The maximum Gasteiger partial charge on any atom is 0.228 e. The first kappa shape index (κ1) is 10.9. The summed E-state index contributed by atoms with van der Waals surface area (Å²) in [5.74, 6) is 0.0393. The van der Waals surface area contributed by atoms with Crippen LogP contribution in [0.5, 0.6) is 0 Å². The van der Waals surface area contributed by atoms with Crippen molar-refractivity contribution in [3.63, 3.8) is 0 Å². The predicted molar refractivity (Wildman–Crippen MR) is 66.6 cm³/mol. The van der Waals surface area contributed by atoms with Gasteiger partial charge < -0.3 is 4.98 Å². The molecule has 0 saturated carbocycles. The highest BCUT2D eigenvalue weighted by Gasteiger charge is 2.14. The molecule has 18 heavy (non-hydrogen) atoms. The van der Waals surface area contributed by atoms with Crippen molar-refractivity contribution >= 4 is 28.5 Å². The van der Waals surface area contributed by atoms with Gasteiger partial charge >= 0.3 is 0 Å². The SMILES string of the molecule is O=C(c1ccccc1)c1nc2nc(Cl)ncc2[nH]1. The number of carbonyl (C=O) groups is 1. The van der Waals surface area contributed by atoms with E-state index in [4.69, 9.17) is 11.6 Å². The summed E-state index contributed by atoms with van der Waals surface area (Å²) in [6.45, 7) is 0. The third-order valence-corrected chi connectivity index (χ3v) is 2.64. The minimum atomic E-state index is -0.190. The largest absolute Gasteiger partial charge is 0.333 e. The van der Waals surface area contributed by atoms with Gasteiger partial charge in [-0.25, -0.2) is 9.97 Å². The molecule has 3 rings (SSSR count). The summed E-state index contributed by atoms with van der Waals surface area (Å²) in [4.78, 5) is 26.9. The monoisotopic (exact) mass is 258 g/mol. The molecule has 0 spiro atoms. The van der Waals surface area contributed by atoms with Gasteiger partial charge in [-0.2, -0.15) is 4.98 Å². The lowest BCUT2D eigenvalue weighted by molar-refractivity contribution is 0.103. The second kappa shape index (κ2) is 4.19. The van der Waals surface area contributed by atoms with Gasteiger partial charge in [-0.05, 0) is 11.6 Å². The van der Waals surface area contributed by atoms with Crippen molar-refractivity contribution < 1.29 is 4.79 Å². The van der Waals surface area contributed by atoms with Crippen LogP contribution in [0, 0.1) is 0 Å². The molecule has 1 aromatic carbocycles. The van der Waals surface area contributed by atoms with E-state index >= 15 is 0 Å². The Kier molecular flexibility index (Phi) is 2.53. The van der Waals surface area contributed by atoms with Gasteiger partial charge in [0.25, 0.3) is 0 Å². The minimum absolute atomic E-state index is 0.104. The Morgan fingerprint density at radius 1 is 1.17 bits per heavy atom. The van der Waals surface area contributed by atoms with Gasteiger partial charge in [-0.15, -0.1) is 0 Å². The van der Waals surface area contributed by atoms with Crippen molar-refractivity contribution in [2.45, 2.75) is 0 Å². The molecule has 0 aliphatic heterocycles. The Morgan fingerprint density at radius 2 is 1.94 bits per heavy atom. The van der Waals surface area contributed by atoms with Crippen LogP contribution in [-0.2, 0) is 0 Å². The maximum absolute atomic E-state index is 12.1. The Labute approximate surface area is 107 Å². The van der Waals surface area contributed by atoms with Gasteiger partial charge in [0.1, 0.15) is 5.52 Å².